The summed E-state index contributed by atoms with van der Waals surface area (Å²) in [6.45, 7) is 3.64. The molecule has 0 aliphatic carbocycles. The van der Waals surface area contributed by atoms with Crippen LogP contribution in [0.2, 0.25) is 0 Å². The average molecular weight is 523 g/mol. The van der Waals surface area contributed by atoms with Crippen LogP contribution < -0.4 is 4.74 Å². The van der Waals surface area contributed by atoms with Gasteiger partial charge in [0.2, 0.25) is 0 Å². The average Bonchev–Trinajstić information content (AvgIpc) is 3.28. The summed E-state index contributed by atoms with van der Waals surface area (Å²) >= 11 is 0. The van der Waals surface area contributed by atoms with Crippen molar-refractivity contribution < 1.29 is 34.2 Å². The molecule has 1 saturated heterocycles. The van der Waals surface area contributed by atoms with Crippen LogP contribution >= 0.6 is 0 Å². The number of nitro groups is 1. The second-order valence-electron chi connectivity index (χ2n) is 9.06. The molecule has 10 heteroatoms. The van der Waals surface area contributed by atoms with E-state index in [4.69, 9.17) is 9.47 Å². The molecule has 1 aliphatic rings. The van der Waals surface area contributed by atoms with E-state index in [1.165, 1.54) is 24.0 Å². The third kappa shape index (κ3) is 7.86. The minimum Gasteiger partial charge on any atom is -0.445 e. The van der Waals surface area contributed by atoms with E-state index in [1.807, 2.05) is 42.5 Å². The first-order chi connectivity index (χ1) is 18.1. The Kier molecular flexibility index (Phi) is 9.53. The predicted molar refractivity (Wildman–Crippen MR) is 139 cm³/mol. The highest BCUT2D eigenvalue weighted by Crippen LogP contribution is 2.33. The molecule has 1 amide bonds. The number of ether oxygens (including phenoxy) is 2. The normalized spacial score (nSPS) is 16.3. The van der Waals surface area contributed by atoms with Crippen molar-refractivity contribution in [3.8, 4) is 16.9 Å². The van der Waals surface area contributed by atoms with Crippen molar-refractivity contribution in [2.45, 2.75) is 39.1 Å². The lowest BCUT2D eigenvalue weighted by atomic mass is 10.0. The number of para-hydroxylation sites is 1. The highest BCUT2D eigenvalue weighted by Gasteiger charge is 2.34. The molecule has 3 aromatic rings. The molecule has 3 aromatic carbocycles. The van der Waals surface area contributed by atoms with Gasteiger partial charge in [-0.05, 0) is 36.6 Å². The van der Waals surface area contributed by atoms with E-state index in [2.05, 4.69) is 0 Å². The molecule has 1 atom stereocenters. The molecule has 4 rings (SSSR count). The highest BCUT2D eigenvalue weighted by atomic mass is 16.6. The Morgan fingerprint density at radius 3 is 2.29 bits per heavy atom. The first kappa shape index (κ1) is 28.3. The number of aliphatic hydroxyl groups excluding tert-OH is 1. The van der Waals surface area contributed by atoms with Gasteiger partial charge >= 0.3 is 12.1 Å². The summed E-state index contributed by atoms with van der Waals surface area (Å²) in [5, 5.41) is 29.6. The van der Waals surface area contributed by atoms with E-state index in [0.29, 0.717) is 29.8 Å². The summed E-state index contributed by atoms with van der Waals surface area (Å²) in [7, 11) is 0. The second-order valence-corrected chi connectivity index (χ2v) is 9.06. The van der Waals surface area contributed by atoms with Crippen molar-refractivity contribution in [1.29, 1.82) is 0 Å². The number of β-amino-alcohol motifs (C(OH)–C–C–N with tert-alkyl or cyclic N) is 1. The maximum atomic E-state index is 11.8. The van der Waals surface area contributed by atoms with Crippen molar-refractivity contribution in [3.05, 3.63) is 94.0 Å². The minimum absolute atomic E-state index is 0.00401. The maximum Gasteiger partial charge on any atom is 0.410 e. The Hall–Kier alpha value is -4.28. The number of likely N-dealkylation sites (tertiary alicyclic amines) is 1. The summed E-state index contributed by atoms with van der Waals surface area (Å²) in [6.07, 6.45) is 0.0423. The molecule has 0 spiro atoms. The third-order valence-corrected chi connectivity index (χ3v) is 5.82. The Morgan fingerprint density at radius 1 is 1.05 bits per heavy atom. The van der Waals surface area contributed by atoms with Crippen LogP contribution in [0.1, 0.15) is 31.4 Å². The fourth-order valence-corrected chi connectivity index (χ4v) is 3.87. The number of nitrogens with zero attached hydrogens (tertiary/aromatic N) is 2. The van der Waals surface area contributed by atoms with Gasteiger partial charge in [0, 0.05) is 36.7 Å². The molecule has 0 saturated carbocycles. The number of benzene rings is 3. The summed E-state index contributed by atoms with van der Waals surface area (Å²) in [6, 6.07) is 20.9. The molecule has 38 heavy (non-hydrogen) atoms. The number of hydrogen-bond donors (Lipinski definition) is 2. The van der Waals surface area contributed by atoms with Crippen LogP contribution in [-0.2, 0) is 22.7 Å². The molecular formula is C28H30N2O8. The van der Waals surface area contributed by atoms with Crippen LogP contribution in [0.15, 0.2) is 72.8 Å². The first-order valence-electron chi connectivity index (χ1n) is 11.9. The number of esters is 1. The molecule has 0 radical (unpaired) electrons. The number of rotatable bonds is 6. The van der Waals surface area contributed by atoms with E-state index >= 15 is 0 Å². The summed E-state index contributed by atoms with van der Waals surface area (Å²) in [5.41, 5.74) is 2.17. The molecule has 0 bridgehead atoms. The fourth-order valence-electron chi connectivity index (χ4n) is 3.87. The van der Waals surface area contributed by atoms with E-state index in [-0.39, 0.29) is 25.4 Å². The molecule has 1 aliphatic heterocycles. The van der Waals surface area contributed by atoms with Crippen LogP contribution in [0.3, 0.4) is 0 Å². The topological polar surface area (TPSA) is 139 Å². The maximum absolute atomic E-state index is 11.8. The van der Waals surface area contributed by atoms with Gasteiger partial charge in [0.1, 0.15) is 12.4 Å². The van der Waals surface area contributed by atoms with Crippen LogP contribution in [-0.4, -0.2) is 50.8 Å². The summed E-state index contributed by atoms with van der Waals surface area (Å²) in [4.78, 5) is 34.4. The Bertz CT molecular complexity index is 1260. The number of carbonyl (C=O) groups excluding carboxylic acids is 2. The van der Waals surface area contributed by atoms with Crippen LogP contribution in [0, 0.1) is 10.1 Å². The zero-order valence-corrected chi connectivity index (χ0v) is 21.2. The van der Waals surface area contributed by atoms with E-state index < -0.39 is 22.6 Å². The van der Waals surface area contributed by atoms with Crippen molar-refractivity contribution in [2.75, 3.05) is 13.1 Å². The van der Waals surface area contributed by atoms with Gasteiger partial charge in [-0.25, -0.2) is 4.79 Å². The van der Waals surface area contributed by atoms with Crippen molar-refractivity contribution >= 4 is 17.7 Å². The smallest absolute Gasteiger partial charge is 0.410 e. The van der Waals surface area contributed by atoms with Gasteiger partial charge in [0.05, 0.1) is 23.7 Å². The second kappa shape index (κ2) is 12.8. The van der Waals surface area contributed by atoms with Gasteiger partial charge in [-0.15, -0.1) is 0 Å². The van der Waals surface area contributed by atoms with E-state index in [9.17, 15) is 29.9 Å². The molecule has 1 fully saturated rings. The third-order valence-electron chi connectivity index (χ3n) is 5.82. The SMILES string of the molecule is CC(=O)Oc1c(CO)cccc1-c1ccccc1.C[C@@]1(O)CCN(C(=O)OCc2ccc([N+](=O)[O-])cc2)C1. The number of aliphatic hydroxyl groups is 2. The zero-order valence-electron chi connectivity index (χ0n) is 21.2. The van der Waals surface area contributed by atoms with Crippen molar-refractivity contribution in [3.63, 3.8) is 0 Å². The molecule has 0 unspecified atom stereocenters. The van der Waals surface area contributed by atoms with E-state index in [1.54, 1.807) is 25.1 Å². The first-order valence-corrected chi connectivity index (χ1v) is 11.9. The Morgan fingerprint density at radius 2 is 1.74 bits per heavy atom. The van der Waals surface area contributed by atoms with Gasteiger partial charge < -0.3 is 24.6 Å². The standard InChI is InChI=1S/C15H14O3.C13H16N2O5/c1-11(17)18-15-13(10-16)8-5-9-14(15)12-6-3-2-4-7-12;1-13(17)6-7-14(9-13)12(16)20-8-10-2-4-11(5-3-10)15(18)19/h2-9,16H,10H2,1H3;2-5,17H,6-9H2,1H3/t;13-/m.1/s1. The molecule has 0 aromatic heterocycles. The number of non-ortho nitro benzene ring substituents is 1. The zero-order chi connectivity index (χ0) is 27.7. The Labute approximate surface area is 220 Å². The van der Waals surface area contributed by atoms with Gasteiger partial charge in [0.25, 0.3) is 5.69 Å². The highest BCUT2D eigenvalue weighted by molar-refractivity contribution is 5.78. The minimum atomic E-state index is -0.855. The van der Waals surface area contributed by atoms with Crippen LogP contribution in [0.5, 0.6) is 5.75 Å². The van der Waals surface area contributed by atoms with Gasteiger partial charge in [-0.3, -0.25) is 14.9 Å². The lowest BCUT2D eigenvalue weighted by molar-refractivity contribution is -0.384. The summed E-state index contributed by atoms with van der Waals surface area (Å²) in [5.74, 6) is 0.0341. The van der Waals surface area contributed by atoms with Gasteiger partial charge in [-0.2, -0.15) is 0 Å². The molecule has 10 nitrogen and oxygen atoms in total. The monoisotopic (exact) mass is 522 g/mol. The molecule has 2 N–H and O–H groups in total. The van der Waals surface area contributed by atoms with Crippen LogP contribution in [0.4, 0.5) is 10.5 Å². The van der Waals surface area contributed by atoms with Crippen molar-refractivity contribution in [1.82, 2.24) is 4.90 Å². The van der Waals surface area contributed by atoms with Crippen molar-refractivity contribution in [2.24, 2.45) is 0 Å². The molecular weight excluding hydrogens is 492 g/mol. The van der Waals surface area contributed by atoms with Crippen LogP contribution in [0.25, 0.3) is 11.1 Å². The quantitative estimate of drug-likeness (QED) is 0.209. The largest absolute Gasteiger partial charge is 0.445 e. The van der Waals surface area contributed by atoms with Gasteiger partial charge in [0.15, 0.2) is 0 Å². The Balaban J connectivity index is 0.000000212. The lowest BCUT2D eigenvalue weighted by Crippen LogP contribution is -2.34. The number of hydrogen-bond acceptors (Lipinski definition) is 8. The van der Waals surface area contributed by atoms with Gasteiger partial charge in [-0.1, -0.05) is 48.5 Å². The number of carbonyl (C=O) groups is 2. The predicted octanol–water partition coefficient (Wildman–Crippen LogP) is 4.46. The lowest BCUT2D eigenvalue weighted by Gasteiger charge is -2.18. The molecule has 200 valence electrons. The fraction of sp³-hybridized carbons (Fsp3) is 0.286. The molecule has 1 heterocycles. The number of amides is 1. The summed E-state index contributed by atoms with van der Waals surface area (Å²) < 4.78 is 10.3. The van der Waals surface area contributed by atoms with E-state index in [0.717, 1.165) is 11.1 Å². The number of nitro benzene ring substituents is 1.